The lowest BCUT2D eigenvalue weighted by Crippen LogP contribution is -2.52. The zero-order valence-electron chi connectivity index (χ0n) is 17.9. The Morgan fingerprint density at radius 2 is 1.69 bits per heavy atom. The third-order valence-corrected chi connectivity index (χ3v) is 6.84. The Morgan fingerprint density at radius 1 is 1.06 bits per heavy atom. The molecule has 0 fully saturated rings. The number of halogens is 1. The maximum Gasteiger partial charge on any atom is 0.269 e. The molecule has 2 aromatic rings. The highest BCUT2D eigenvalue weighted by molar-refractivity contribution is 7.90. The number of amides is 3. The van der Waals surface area contributed by atoms with Crippen LogP contribution in [0.15, 0.2) is 53.4 Å². The van der Waals surface area contributed by atoms with E-state index in [0.717, 1.165) is 0 Å². The van der Waals surface area contributed by atoms with E-state index in [-0.39, 0.29) is 23.0 Å². The normalized spacial score (nSPS) is 15.4. The third-order valence-electron chi connectivity index (χ3n) is 5.06. The Balaban J connectivity index is 1.89. The van der Waals surface area contributed by atoms with Gasteiger partial charge in [-0.1, -0.05) is 24.3 Å². The molecule has 1 aliphatic rings. The molecular formula is C22H24FN3O5S. The Labute approximate surface area is 186 Å². The maximum absolute atomic E-state index is 13.3. The van der Waals surface area contributed by atoms with Gasteiger partial charge in [0.05, 0.1) is 5.56 Å². The number of nitrogens with zero attached hydrogens (tertiary/aromatic N) is 2. The van der Waals surface area contributed by atoms with Crippen LogP contribution in [0.4, 0.5) is 4.39 Å². The van der Waals surface area contributed by atoms with Gasteiger partial charge in [0, 0.05) is 12.6 Å². The van der Waals surface area contributed by atoms with Crippen LogP contribution in [0.5, 0.6) is 0 Å². The Bertz CT molecular complexity index is 1150. The molecule has 0 bridgehead atoms. The van der Waals surface area contributed by atoms with E-state index in [0.29, 0.717) is 9.87 Å². The van der Waals surface area contributed by atoms with Gasteiger partial charge in [-0.3, -0.25) is 14.4 Å². The van der Waals surface area contributed by atoms with Crippen molar-refractivity contribution in [3.8, 4) is 0 Å². The van der Waals surface area contributed by atoms with Gasteiger partial charge in [-0.15, -0.1) is 0 Å². The van der Waals surface area contributed by atoms with Crippen LogP contribution in [0.1, 0.15) is 36.7 Å². The highest BCUT2D eigenvalue weighted by atomic mass is 32.2. The molecule has 1 heterocycles. The van der Waals surface area contributed by atoms with E-state index in [4.69, 9.17) is 0 Å². The van der Waals surface area contributed by atoms with Crippen LogP contribution < -0.4 is 5.32 Å². The summed E-state index contributed by atoms with van der Waals surface area (Å²) in [4.78, 5) is 39.5. The minimum absolute atomic E-state index is 0.00372. The molecule has 1 aliphatic heterocycles. The molecule has 1 unspecified atom stereocenters. The van der Waals surface area contributed by atoms with Gasteiger partial charge in [-0.25, -0.2) is 17.1 Å². The number of nitrogens with one attached hydrogen (secondary N) is 1. The van der Waals surface area contributed by atoms with Crippen molar-refractivity contribution in [3.63, 3.8) is 0 Å². The quantitative estimate of drug-likeness (QED) is 0.679. The van der Waals surface area contributed by atoms with E-state index in [1.54, 1.807) is 13.8 Å². The fraction of sp³-hybridized carbons (Fsp3) is 0.318. The summed E-state index contributed by atoms with van der Waals surface area (Å²) >= 11 is 0. The number of fused-ring (bicyclic) bond motifs is 1. The number of hydrogen-bond donors (Lipinski definition) is 1. The molecule has 0 aliphatic carbocycles. The maximum atomic E-state index is 13.3. The van der Waals surface area contributed by atoms with Crippen LogP contribution in [0.25, 0.3) is 0 Å². The lowest BCUT2D eigenvalue weighted by atomic mass is 10.1. The van der Waals surface area contributed by atoms with E-state index >= 15 is 0 Å². The van der Waals surface area contributed by atoms with Crippen molar-refractivity contribution < 1.29 is 27.2 Å². The summed E-state index contributed by atoms with van der Waals surface area (Å²) in [5, 5.41) is 2.71. The van der Waals surface area contributed by atoms with Gasteiger partial charge >= 0.3 is 0 Å². The van der Waals surface area contributed by atoms with Gasteiger partial charge in [0.1, 0.15) is 23.3 Å². The Kier molecular flexibility index (Phi) is 6.63. The summed E-state index contributed by atoms with van der Waals surface area (Å²) in [5.74, 6) is -2.42. The van der Waals surface area contributed by atoms with Gasteiger partial charge in [-0.2, -0.15) is 0 Å². The zero-order chi connectivity index (χ0) is 23.6. The first-order valence-electron chi connectivity index (χ1n) is 10.0. The van der Waals surface area contributed by atoms with Crippen LogP contribution in [0, 0.1) is 5.82 Å². The number of benzene rings is 2. The van der Waals surface area contributed by atoms with Crippen molar-refractivity contribution in [1.82, 2.24) is 14.5 Å². The molecule has 0 radical (unpaired) electrons. The van der Waals surface area contributed by atoms with E-state index in [9.17, 15) is 27.2 Å². The van der Waals surface area contributed by atoms with Gasteiger partial charge < -0.3 is 10.2 Å². The van der Waals surface area contributed by atoms with Gasteiger partial charge in [0.2, 0.25) is 11.8 Å². The molecule has 3 rings (SSSR count). The fourth-order valence-corrected chi connectivity index (χ4v) is 4.89. The van der Waals surface area contributed by atoms with Crippen molar-refractivity contribution in [2.24, 2.45) is 0 Å². The van der Waals surface area contributed by atoms with E-state index in [1.807, 2.05) is 0 Å². The Morgan fingerprint density at radius 3 is 2.28 bits per heavy atom. The molecule has 8 nitrogen and oxygen atoms in total. The smallest absolute Gasteiger partial charge is 0.269 e. The average molecular weight is 462 g/mol. The number of hydrogen-bond acceptors (Lipinski definition) is 5. The summed E-state index contributed by atoms with van der Waals surface area (Å²) in [7, 11) is -4.18. The summed E-state index contributed by atoms with van der Waals surface area (Å²) in [6.07, 6.45) is 0. The van der Waals surface area contributed by atoms with Crippen LogP contribution >= 0.6 is 0 Å². The minimum Gasteiger partial charge on any atom is -0.352 e. The fourth-order valence-electron chi connectivity index (χ4n) is 3.38. The monoisotopic (exact) mass is 461 g/mol. The topological polar surface area (TPSA) is 104 Å². The molecule has 1 N–H and O–H groups in total. The van der Waals surface area contributed by atoms with Crippen LogP contribution in [0.2, 0.25) is 0 Å². The van der Waals surface area contributed by atoms with Crippen LogP contribution in [-0.2, 0) is 26.2 Å². The predicted molar refractivity (Wildman–Crippen MR) is 114 cm³/mol. The molecule has 10 heteroatoms. The first kappa shape index (κ1) is 23.4. The summed E-state index contributed by atoms with van der Waals surface area (Å²) in [6, 6.07) is 9.97. The van der Waals surface area contributed by atoms with Gasteiger partial charge in [0.25, 0.3) is 15.9 Å². The summed E-state index contributed by atoms with van der Waals surface area (Å²) in [5.41, 5.74) is 0.541. The zero-order valence-corrected chi connectivity index (χ0v) is 18.7. The molecule has 0 saturated carbocycles. The van der Waals surface area contributed by atoms with E-state index < -0.39 is 46.1 Å². The molecular weight excluding hydrogens is 437 g/mol. The van der Waals surface area contributed by atoms with E-state index in [2.05, 4.69) is 5.32 Å². The highest BCUT2D eigenvalue weighted by Crippen LogP contribution is 2.30. The molecule has 2 aromatic carbocycles. The second kappa shape index (κ2) is 9.07. The van der Waals surface area contributed by atoms with Crippen molar-refractivity contribution in [3.05, 3.63) is 65.5 Å². The van der Waals surface area contributed by atoms with Crippen molar-refractivity contribution in [1.29, 1.82) is 0 Å². The summed E-state index contributed by atoms with van der Waals surface area (Å²) < 4.78 is 39.4. The first-order chi connectivity index (χ1) is 15.0. The number of sulfonamides is 1. The van der Waals surface area contributed by atoms with E-state index in [1.165, 1.54) is 60.4 Å². The first-order valence-corrected chi connectivity index (χ1v) is 11.5. The largest absolute Gasteiger partial charge is 0.352 e. The molecule has 0 spiro atoms. The minimum atomic E-state index is -4.18. The van der Waals surface area contributed by atoms with Crippen LogP contribution in [0.3, 0.4) is 0 Å². The number of carbonyl (C=O) groups excluding carboxylic acids is 3. The molecule has 1 atom stereocenters. The predicted octanol–water partition coefficient (Wildman–Crippen LogP) is 1.91. The van der Waals surface area contributed by atoms with Crippen molar-refractivity contribution in [2.45, 2.75) is 44.3 Å². The number of carbonyl (C=O) groups is 3. The average Bonchev–Trinajstić information content (AvgIpc) is 2.93. The standard InChI is InChI=1S/C22H24FN3O5S/c1-14(2)24-21(28)15(3)25(12-16-8-10-17(23)11-9-16)20(27)13-26-22(29)18-6-4-5-7-19(18)32(26,30)31/h4-11,14-15H,12-13H2,1-3H3,(H,24,28). The third kappa shape index (κ3) is 4.64. The lowest BCUT2D eigenvalue weighted by molar-refractivity contribution is -0.140. The van der Waals surface area contributed by atoms with Crippen molar-refractivity contribution >= 4 is 27.7 Å². The second-order valence-electron chi connectivity index (χ2n) is 7.80. The van der Waals surface area contributed by atoms with Crippen LogP contribution in [-0.4, -0.2) is 54.0 Å². The molecule has 0 aromatic heterocycles. The number of rotatable bonds is 7. The second-order valence-corrected chi connectivity index (χ2v) is 9.63. The lowest BCUT2D eigenvalue weighted by Gasteiger charge is -2.30. The highest BCUT2D eigenvalue weighted by Gasteiger charge is 2.43. The summed E-state index contributed by atoms with van der Waals surface area (Å²) in [6.45, 7) is 4.22. The Hall–Kier alpha value is -3.27. The molecule has 32 heavy (non-hydrogen) atoms. The van der Waals surface area contributed by atoms with Crippen molar-refractivity contribution in [2.75, 3.05) is 6.54 Å². The SMILES string of the molecule is CC(C)NC(=O)C(C)N(Cc1ccc(F)cc1)C(=O)CN1C(=O)c2ccccc2S1(=O)=O. The van der Waals surface area contributed by atoms with Gasteiger partial charge in [-0.05, 0) is 50.6 Å². The molecule has 0 saturated heterocycles. The van der Waals surface area contributed by atoms with Gasteiger partial charge in [0.15, 0.2) is 0 Å². The molecule has 170 valence electrons. The molecule has 3 amide bonds.